The summed E-state index contributed by atoms with van der Waals surface area (Å²) in [6.45, 7) is 1.91. The summed E-state index contributed by atoms with van der Waals surface area (Å²) in [5.41, 5.74) is 1.67. The molecule has 0 saturated heterocycles. The SMILES string of the molecule is Cc1c(O)cccc1NC(=O)c1ccc2c(c1)OCO2. The van der Waals surface area contributed by atoms with Crippen molar-refractivity contribution >= 4 is 11.6 Å². The Kier molecular flexibility index (Phi) is 2.95. The van der Waals surface area contributed by atoms with Gasteiger partial charge in [-0.15, -0.1) is 0 Å². The lowest BCUT2D eigenvalue weighted by Crippen LogP contribution is -2.12. The number of benzene rings is 2. The third-order valence-corrected chi connectivity index (χ3v) is 3.19. The topological polar surface area (TPSA) is 67.8 Å². The van der Waals surface area contributed by atoms with E-state index in [1.165, 1.54) is 0 Å². The van der Waals surface area contributed by atoms with Crippen molar-refractivity contribution in [3.63, 3.8) is 0 Å². The first-order valence-electron chi connectivity index (χ1n) is 6.15. The third kappa shape index (κ3) is 2.14. The number of carbonyl (C=O) groups excluding carboxylic acids is 1. The fourth-order valence-electron chi connectivity index (χ4n) is 1.99. The number of ether oxygens (including phenoxy) is 2. The van der Waals surface area contributed by atoms with Crippen LogP contribution in [-0.2, 0) is 0 Å². The van der Waals surface area contributed by atoms with Crippen LogP contribution in [0.2, 0.25) is 0 Å². The standard InChI is InChI=1S/C15H13NO4/c1-9-11(3-2-4-12(9)17)16-15(18)10-5-6-13-14(7-10)20-8-19-13/h2-7,17H,8H2,1H3,(H,16,18). The van der Waals surface area contributed by atoms with Crippen molar-refractivity contribution in [2.24, 2.45) is 0 Å². The quantitative estimate of drug-likeness (QED) is 0.881. The number of nitrogens with one attached hydrogen (secondary N) is 1. The summed E-state index contributed by atoms with van der Waals surface area (Å²) in [6.07, 6.45) is 0. The number of fused-ring (bicyclic) bond motifs is 1. The first kappa shape index (κ1) is 12.3. The molecule has 20 heavy (non-hydrogen) atoms. The molecule has 102 valence electrons. The van der Waals surface area contributed by atoms with E-state index >= 15 is 0 Å². The fraction of sp³-hybridized carbons (Fsp3) is 0.133. The highest BCUT2D eigenvalue weighted by atomic mass is 16.7. The van der Waals surface area contributed by atoms with Crippen LogP contribution in [-0.4, -0.2) is 17.8 Å². The molecule has 0 aromatic heterocycles. The summed E-state index contributed by atoms with van der Waals surface area (Å²) in [5, 5.41) is 12.4. The third-order valence-electron chi connectivity index (χ3n) is 3.19. The second-order valence-corrected chi connectivity index (χ2v) is 4.47. The summed E-state index contributed by atoms with van der Waals surface area (Å²) in [7, 11) is 0. The van der Waals surface area contributed by atoms with Gasteiger partial charge in [-0.2, -0.15) is 0 Å². The first-order chi connectivity index (χ1) is 9.65. The highest BCUT2D eigenvalue weighted by molar-refractivity contribution is 6.05. The Hall–Kier alpha value is -2.69. The van der Waals surface area contributed by atoms with Gasteiger partial charge in [-0.1, -0.05) is 6.07 Å². The molecule has 0 radical (unpaired) electrons. The molecule has 1 aliphatic heterocycles. The smallest absolute Gasteiger partial charge is 0.255 e. The van der Waals surface area contributed by atoms with Crippen LogP contribution in [0.15, 0.2) is 36.4 Å². The fourth-order valence-corrected chi connectivity index (χ4v) is 1.99. The number of carbonyl (C=O) groups is 1. The van der Waals surface area contributed by atoms with E-state index in [9.17, 15) is 9.90 Å². The van der Waals surface area contributed by atoms with Gasteiger partial charge >= 0.3 is 0 Å². The maximum atomic E-state index is 12.2. The van der Waals surface area contributed by atoms with Crippen LogP contribution in [0.1, 0.15) is 15.9 Å². The van der Waals surface area contributed by atoms with Gasteiger partial charge < -0.3 is 19.9 Å². The van der Waals surface area contributed by atoms with E-state index in [1.807, 2.05) is 0 Å². The zero-order chi connectivity index (χ0) is 14.1. The van der Waals surface area contributed by atoms with Crippen molar-refractivity contribution in [1.29, 1.82) is 0 Å². The Morgan fingerprint density at radius 1 is 1.20 bits per heavy atom. The van der Waals surface area contributed by atoms with E-state index in [1.54, 1.807) is 43.3 Å². The summed E-state index contributed by atoms with van der Waals surface area (Å²) in [6, 6.07) is 9.99. The van der Waals surface area contributed by atoms with Crippen LogP contribution in [0.4, 0.5) is 5.69 Å². The zero-order valence-electron chi connectivity index (χ0n) is 10.8. The molecule has 1 amide bonds. The van der Waals surface area contributed by atoms with Gasteiger partial charge in [-0.05, 0) is 37.3 Å². The van der Waals surface area contributed by atoms with Crippen molar-refractivity contribution in [2.75, 3.05) is 12.1 Å². The minimum atomic E-state index is -0.267. The number of hydrogen-bond donors (Lipinski definition) is 2. The Bertz CT molecular complexity index is 682. The van der Waals surface area contributed by atoms with Crippen molar-refractivity contribution in [3.8, 4) is 17.2 Å². The van der Waals surface area contributed by atoms with Gasteiger partial charge in [0.1, 0.15) is 5.75 Å². The van der Waals surface area contributed by atoms with Gasteiger partial charge in [0.25, 0.3) is 5.91 Å². The maximum Gasteiger partial charge on any atom is 0.255 e. The Morgan fingerprint density at radius 3 is 2.85 bits per heavy atom. The minimum absolute atomic E-state index is 0.147. The minimum Gasteiger partial charge on any atom is -0.508 e. The number of rotatable bonds is 2. The van der Waals surface area contributed by atoms with E-state index in [4.69, 9.17) is 9.47 Å². The molecule has 0 unspecified atom stereocenters. The summed E-state index contributed by atoms with van der Waals surface area (Å²) < 4.78 is 10.4. The predicted molar refractivity (Wildman–Crippen MR) is 73.4 cm³/mol. The molecule has 0 saturated carbocycles. The van der Waals surface area contributed by atoms with Crippen molar-refractivity contribution < 1.29 is 19.4 Å². The van der Waals surface area contributed by atoms with Crippen molar-refractivity contribution in [1.82, 2.24) is 0 Å². The van der Waals surface area contributed by atoms with Gasteiger partial charge in [0.2, 0.25) is 6.79 Å². The number of phenols is 1. The molecule has 0 aliphatic carbocycles. The van der Waals surface area contributed by atoms with E-state index in [0.717, 1.165) is 0 Å². The van der Waals surface area contributed by atoms with Gasteiger partial charge in [-0.3, -0.25) is 4.79 Å². The summed E-state index contributed by atoms with van der Waals surface area (Å²) in [5.74, 6) is 1.07. The average molecular weight is 271 g/mol. The molecule has 2 aromatic carbocycles. The number of phenolic OH excluding ortho intramolecular Hbond substituents is 1. The Morgan fingerprint density at radius 2 is 2.00 bits per heavy atom. The lowest BCUT2D eigenvalue weighted by atomic mass is 10.1. The van der Waals surface area contributed by atoms with Crippen molar-refractivity contribution in [3.05, 3.63) is 47.5 Å². The molecule has 1 heterocycles. The number of aromatic hydroxyl groups is 1. The molecule has 1 aliphatic rings. The van der Waals surface area contributed by atoms with E-state index in [0.29, 0.717) is 28.3 Å². The number of hydrogen-bond acceptors (Lipinski definition) is 4. The zero-order valence-corrected chi connectivity index (χ0v) is 10.8. The lowest BCUT2D eigenvalue weighted by molar-refractivity contribution is 0.102. The number of anilines is 1. The van der Waals surface area contributed by atoms with Crippen LogP contribution < -0.4 is 14.8 Å². The van der Waals surface area contributed by atoms with Gasteiger partial charge in [0.15, 0.2) is 11.5 Å². The second kappa shape index (κ2) is 4.77. The van der Waals surface area contributed by atoms with E-state index in [-0.39, 0.29) is 18.4 Å². The molecule has 3 rings (SSSR count). The van der Waals surface area contributed by atoms with Crippen LogP contribution >= 0.6 is 0 Å². The molecule has 0 bridgehead atoms. The highest BCUT2D eigenvalue weighted by Gasteiger charge is 2.16. The average Bonchev–Trinajstić information content (AvgIpc) is 2.91. The van der Waals surface area contributed by atoms with Gasteiger partial charge in [0.05, 0.1) is 0 Å². The molecule has 0 atom stereocenters. The van der Waals surface area contributed by atoms with Crippen LogP contribution in [0, 0.1) is 6.92 Å². The number of amides is 1. The Labute approximate surface area is 115 Å². The molecular weight excluding hydrogens is 258 g/mol. The lowest BCUT2D eigenvalue weighted by Gasteiger charge is -2.09. The molecule has 0 fully saturated rings. The maximum absolute atomic E-state index is 12.2. The molecule has 2 N–H and O–H groups in total. The molecule has 0 spiro atoms. The van der Waals surface area contributed by atoms with Crippen molar-refractivity contribution in [2.45, 2.75) is 6.92 Å². The Balaban J connectivity index is 1.84. The highest BCUT2D eigenvalue weighted by Crippen LogP contribution is 2.33. The largest absolute Gasteiger partial charge is 0.508 e. The monoisotopic (exact) mass is 271 g/mol. The van der Waals surface area contributed by atoms with Crippen LogP contribution in [0.5, 0.6) is 17.2 Å². The van der Waals surface area contributed by atoms with Gasteiger partial charge in [0, 0.05) is 16.8 Å². The molecular formula is C15H13NO4. The molecule has 5 nitrogen and oxygen atoms in total. The summed E-state index contributed by atoms with van der Waals surface area (Å²) >= 11 is 0. The van der Waals surface area contributed by atoms with E-state index < -0.39 is 0 Å². The predicted octanol–water partition coefficient (Wildman–Crippen LogP) is 2.68. The normalized spacial score (nSPS) is 12.2. The van der Waals surface area contributed by atoms with Crippen LogP contribution in [0.25, 0.3) is 0 Å². The van der Waals surface area contributed by atoms with Crippen LogP contribution in [0.3, 0.4) is 0 Å². The first-order valence-corrected chi connectivity index (χ1v) is 6.15. The molecule has 5 heteroatoms. The van der Waals surface area contributed by atoms with Gasteiger partial charge in [-0.25, -0.2) is 0 Å². The second-order valence-electron chi connectivity index (χ2n) is 4.47. The van der Waals surface area contributed by atoms with E-state index in [2.05, 4.69) is 5.32 Å². The summed E-state index contributed by atoms with van der Waals surface area (Å²) in [4.78, 5) is 12.2. The molecule has 2 aromatic rings.